The number of nitrogens with zero attached hydrogens (tertiary/aromatic N) is 1. The lowest BCUT2D eigenvalue weighted by atomic mass is 9.82. The van der Waals surface area contributed by atoms with Gasteiger partial charge in [0.2, 0.25) is 5.91 Å². The maximum atomic E-state index is 13.4. The highest BCUT2D eigenvalue weighted by atomic mass is 16.5. The van der Waals surface area contributed by atoms with E-state index in [-0.39, 0.29) is 17.6 Å². The highest BCUT2D eigenvalue weighted by Crippen LogP contribution is 2.41. The fourth-order valence-corrected chi connectivity index (χ4v) is 5.15. The van der Waals surface area contributed by atoms with Gasteiger partial charge in [0, 0.05) is 38.3 Å². The Balaban J connectivity index is 1.28. The Morgan fingerprint density at radius 2 is 1.59 bits per heavy atom. The summed E-state index contributed by atoms with van der Waals surface area (Å²) in [6, 6.07) is 25.8. The maximum Gasteiger partial charge on any atom is 0.223 e. The van der Waals surface area contributed by atoms with Crippen molar-refractivity contribution in [3.8, 4) is 11.5 Å². The van der Waals surface area contributed by atoms with Crippen LogP contribution in [0.4, 0.5) is 0 Å². The van der Waals surface area contributed by atoms with Gasteiger partial charge in [0.05, 0.1) is 19.1 Å². The summed E-state index contributed by atoms with van der Waals surface area (Å²) in [6.07, 6.45) is 2.06. The van der Waals surface area contributed by atoms with Crippen molar-refractivity contribution >= 4 is 11.7 Å². The lowest BCUT2D eigenvalue weighted by molar-refractivity contribution is -0.135. The second kappa shape index (κ2) is 9.34. The van der Waals surface area contributed by atoms with Crippen LogP contribution in [0.3, 0.4) is 0 Å². The van der Waals surface area contributed by atoms with Crippen LogP contribution in [0.2, 0.25) is 0 Å². The van der Waals surface area contributed by atoms with Gasteiger partial charge in [0.1, 0.15) is 17.1 Å². The van der Waals surface area contributed by atoms with Gasteiger partial charge in [-0.15, -0.1) is 0 Å². The summed E-state index contributed by atoms with van der Waals surface area (Å²) in [5.41, 5.74) is 2.33. The normalized spacial score (nSPS) is 16.8. The quantitative estimate of drug-likeness (QED) is 0.528. The molecule has 3 aromatic carbocycles. The van der Waals surface area contributed by atoms with Crippen LogP contribution < -0.4 is 9.47 Å². The summed E-state index contributed by atoms with van der Waals surface area (Å²) in [7, 11) is 1.59. The van der Waals surface area contributed by atoms with E-state index in [2.05, 4.69) is 24.3 Å². The van der Waals surface area contributed by atoms with Crippen LogP contribution in [0, 0.1) is 0 Å². The molecule has 174 valence electrons. The van der Waals surface area contributed by atoms with E-state index >= 15 is 0 Å². The molecule has 3 aromatic rings. The van der Waals surface area contributed by atoms with Gasteiger partial charge in [-0.25, -0.2) is 0 Å². The molecule has 5 nitrogen and oxygen atoms in total. The average molecular weight is 456 g/mol. The number of rotatable bonds is 5. The van der Waals surface area contributed by atoms with Crippen molar-refractivity contribution in [1.29, 1.82) is 0 Å². The Hall–Kier alpha value is -3.60. The SMILES string of the molecule is COc1ccc2c(c1)C(=O)CC1(CCN(C(=O)CC(c3ccccc3)c3ccccc3)CC1)O2. The molecule has 5 heteroatoms. The average Bonchev–Trinajstić information content (AvgIpc) is 2.88. The Kier molecular flexibility index (Phi) is 6.10. The standard InChI is InChI=1S/C29H29NO4/c1-33-23-12-13-27-25(18-23)26(31)20-29(34-27)14-16-30(17-15-29)28(32)19-24(21-8-4-2-5-9-21)22-10-6-3-7-11-22/h2-13,18,24H,14-17,19-20H2,1H3. The number of amides is 1. The van der Waals surface area contributed by atoms with Gasteiger partial charge < -0.3 is 14.4 Å². The second-order valence-electron chi connectivity index (χ2n) is 9.21. The fourth-order valence-electron chi connectivity index (χ4n) is 5.15. The number of likely N-dealkylation sites (tertiary alicyclic amines) is 1. The predicted molar refractivity (Wildman–Crippen MR) is 130 cm³/mol. The zero-order valence-electron chi connectivity index (χ0n) is 19.4. The Bertz CT molecular complexity index is 1130. The van der Waals surface area contributed by atoms with E-state index in [1.807, 2.05) is 53.4 Å². The van der Waals surface area contributed by atoms with Gasteiger partial charge in [-0.1, -0.05) is 60.7 Å². The van der Waals surface area contributed by atoms with Gasteiger partial charge in [0.25, 0.3) is 0 Å². The number of ether oxygens (including phenoxy) is 2. The Morgan fingerprint density at radius 1 is 0.971 bits per heavy atom. The molecule has 1 fully saturated rings. The Morgan fingerprint density at radius 3 is 2.18 bits per heavy atom. The van der Waals surface area contributed by atoms with Crippen molar-refractivity contribution in [3.63, 3.8) is 0 Å². The van der Waals surface area contributed by atoms with Crippen molar-refractivity contribution in [2.24, 2.45) is 0 Å². The van der Waals surface area contributed by atoms with E-state index in [1.165, 1.54) is 0 Å². The van der Waals surface area contributed by atoms with E-state index in [4.69, 9.17) is 9.47 Å². The molecule has 0 N–H and O–H groups in total. The molecule has 5 rings (SSSR count). The molecule has 0 bridgehead atoms. The summed E-state index contributed by atoms with van der Waals surface area (Å²) in [5.74, 6) is 1.50. The highest BCUT2D eigenvalue weighted by molar-refractivity contribution is 6.00. The lowest BCUT2D eigenvalue weighted by Crippen LogP contribution is -2.52. The van der Waals surface area contributed by atoms with Crippen molar-refractivity contribution in [1.82, 2.24) is 4.90 Å². The van der Waals surface area contributed by atoms with E-state index < -0.39 is 5.60 Å². The van der Waals surface area contributed by atoms with Crippen LogP contribution in [0.15, 0.2) is 78.9 Å². The van der Waals surface area contributed by atoms with Crippen LogP contribution in [0.25, 0.3) is 0 Å². The first-order valence-electron chi connectivity index (χ1n) is 11.8. The van der Waals surface area contributed by atoms with Gasteiger partial charge >= 0.3 is 0 Å². The molecule has 0 aromatic heterocycles. The summed E-state index contributed by atoms with van der Waals surface area (Å²) in [5, 5.41) is 0. The largest absolute Gasteiger partial charge is 0.497 e. The summed E-state index contributed by atoms with van der Waals surface area (Å²) in [6.45, 7) is 1.18. The number of benzene rings is 3. The van der Waals surface area contributed by atoms with Crippen molar-refractivity contribution in [2.75, 3.05) is 20.2 Å². The van der Waals surface area contributed by atoms with E-state index in [0.717, 1.165) is 11.1 Å². The summed E-state index contributed by atoms with van der Waals surface area (Å²) in [4.78, 5) is 28.2. The number of Topliss-reactive ketones (excluding diaryl/α,β-unsaturated/α-hetero) is 1. The minimum atomic E-state index is -0.534. The first-order valence-corrected chi connectivity index (χ1v) is 11.8. The molecule has 34 heavy (non-hydrogen) atoms. The van der Waals surface area contributed by atoms with E-state index in [0.29, 0.717) is 55.8 Å². The number of methoxy groups -OCH3 is 1. The van der Waals surface area contributed by atoms with Gasteiger partial charge in [-0.3, -0.25) is 9.59 Å². The number of ketones is 1. The van der Waals surface area contributed by atoms with Crippen LogP contribution in [0.5, 0.6) is 11.5 Å². The van der Waals surface area contributed by atoms with Crippen molar-refractivity contribution in [2.45, 2.75) is 37.2 Å². The zero-order chi connectivity index (χ0) is 23.5. The molecule has 0 radical (unpaired) electrons. The minimum absolute atomic E-state index is 0.0140. The number of carbonyl (C=O) groups excluding carboxylic acids is 2. The molecule has 1 amide bonds. The third-order valence-electron chi connectivity index (χ3n) is 7.11. The molecule has 1 spiro atoms. The molecule has 2 heterocycles. The van der Waals surface area contributed by atoms with Gasteiger partial charge in [-0.05, 0) is 29.3 Å². The third kappa shape index (κ3) is 4.43. The molecule has 0 aliphatic carbocycles. The van der Waals surface area contributed by atoms with Crippen LogP contribution in [0.1, 0.15) is 53.1 Å². The summed E-state index contributed by atoms with van der Waals surface area (Å²) < 4.78 is 11.6. The number of fused-ring (bicyclic) bond motifs is 1. The van der Waals surface area contributed by atoms with Gasteiger partial charge in [0.15, 0.2) is 5.78 Å². The topological polar surface area (TPSA) is 55.8 Å². The number of piperidine rings is 1. The van der Waals surface area contributed by atoms with E-state index in [9.17, 15) is 9.59 Å². The molecule has 1 saturated heterocycles. The maximum absolute atomic E-state index is 13.4. The molecule has 0 saturated carbocycles. The number of hydrogen-bond donors (Lipinski definition) is 0. The monoisotopic (exact) mass is 455 g/mol. The van der Waals surface area contributed by atoms with Gasteiger partial charge in [-0.2, -0.15) is 0 Å². The Labute approximate surface area is 200 Å². The first kappa shape index (κ1) is 22.2. The third-order valence-corrected chi connectivity index (χ3v) is 7.11. The summed E-state index contributed by atoms with van der Waals surface area (Å²) >= 11 is 0. The predicted octanol–water partition coefficient (Wildman–Crippen LogP) is 5.24. The molecular weight excluding hydrogens is 426 g/mol. The second-order valence-corrected chi connectivity index (χ2v) is 9.21. The van der Waals surface area contributed by atoms with Crippen LogP contribution in [-0.2, 0) is 4.79 Å². The number of hydrogen-bond acceptors (Lipinski definition) is 4. The smallest absolute Gasteiger partial charge is 0.223 e. The number of carbonyl (C=O) groups is 2. The van der Waals surface area contributed by atoms with Crippen LogP contribution in [-0.4, -0.2) is 42.4 Å². The molecular formula is C29H29NO4. The van der Waals surface area contributed by atoms with E-state index in [1.54, 1.807) is 13.2 Å². The molecule has 0 unspecified atom stereocenters. The fraction of sp³-hybridized carbons (Fsp3) is 0.310. The molecule has 2 aliphatic heterocycles. The molecule has 2 aliphatic rings. The zero-order valence-corrected chi connectivity index (χ0v) is 19.4. The molecule has 0 atom stereocenters. The van der Waals surface area contributed by atoms with Crippen LogP contribution >= 0.6 is 0 Å². The first-order chi connectivity index (χ1) is 16.6. The van der Waals surface area contributed by atoms with Crippen molar-refractivity contribution in [3.05, 3.63) is 95.6 Å². The highest BCUT2D eigenvalue weighted by Gasteiger charge is 2.44. The van der Waals surface area contributed by atoms with Crippen molar-refractivity contribution < 1.29 is 19.1 Å². The lowest BCUT2D eigenvalue weighted by Gasteiger charge is -2.44. The minimum Gasteiger partial charge on any atom is -0.497 e.